The third-order valence-corrected chi connectivity index (χ3v) is 4.50. The molecule has 0 unspecified atom stereocenters. The Hall–Kier alpha value is -4.07. The van der Waals surface area contributed by atoms with E-state index in [1.165, 1.54) is 6.20 Å². The van der Waals surface area contributed by atoms with Crippen LogP contribution < -0.4 is 19.5 Å². The van der Waals surface area contributed by atoms with Crippen LogP contribution in [0.4, 0.5) is 5.69 Å². The first-order valence-electron chi connectivity index (χ1n) is 9.20. The minimum atomic E-state index is -0.298. The number of carbonyl (C=O) groups excluding carboxylic acids is 1. The average Bonchev–Trinajstić information content (AvgIpc) is 3.11. The zero-order chi connectivity index (χ0) is 21.1. The van der Waals surface area contributed by atoms with E-state index in [1.807, 2.05) is 12.1 Å². The second-order valence-corrected chi connectivity index (χ2v) is 6.41. The fraction of sp³-hybridized carbons (Fsp3) is 0.136. The second-order valence-electron chi connectivity index (χ2n) is 6.41. The first-order valence-corrected chi connectivity index (χ1v) is 9.20. The molecule has 0 saturated heterocycles. The number of pyridine rings is 2. The number of amides is 1. The summed E-state index contributed by atoms with van der Waals surface area (Å²) in [5, 5.41) is 2.85. The van der Waals surface area contributed by atoms with Crippen molar-refractivity contribution in [3.05, 3.63) is 72.3 Å². The Bertz CT molecular complexity index is 1200. The number of benzene rings is 1. The molecule has 0 saturated carbocycles. The van der Waals surface area contributed by atoms with E-state index < -0.39 is 0 Å². The molecule has 3 heterocycles. The van der Waals surface area contributed by atoms with Gasteiger partial charge in [0.1, 0.15) is 5.69 Å². The predicted molar refractivity (Wildman–Crippen MR) is 112 cm³/mol. The number of ether oxygens (including phenoxy) is 3. The van der Waals surface area contributed by atoms with Gasteiger partial charge in [0.05, 0.1) is 31.8 Å². The number of hydrogen-bond acceptors (Lipinski definition) is 6. The van der Waals surface area contributed by atoms with Gasteiger partial charge in [0.25, 0.3) is 5.91 Å². The SMILES string of the molecule is COc1ccccc1Oc1ccc(NC(=O)c2c(C)nc3c(OC)cccn23)cn1. The molecular weight excluding hydrogens is 384 g/mol. The molecule has 0 aliphatic heterocycles. The summed E-state index contributed by atoms with van der Waals surface area (Å²) >= 11 is 0. The Morgan fingerprint density at radius 2 is 1.70 bits per heavy atom. The fourth-order valence-corrected chi connectivity index (χ4v) is 3.11. The van der Waals surface area contributed by atoms with E-state index in [4.69, 9.17) is 14.2 Å². The van der Waals surface area contributed by atoms with Gasteiger partial charge in [-0.1, -0.05) is 12.1 Å². The summed E-state index contributed by atoms with van der Waals surface area (Å²) in [6.07, 6.45) is 3.30. The van der Waals surface area contributed by atoms with Gasteiger partial charge in [0.2, 0.25) is 5.88 Å². The lowest BCUT2D eigenvalue weighted by atomic mass is 10.3. The highest BCUT2D eigenvalue weighted by molar-refractivity contribution is 6.04. The van der Waals surface area contributed by atoms with Crippen LogP contribution in [-0.2, 0) is 0 Å². The van der Waals surface area contributed by atoms with Crippen molar-refractivity contribution >= 4 is 17.2 Å². The minimum absolute atomic E-state index is 0.298. The van der Waals surface area contributed by atoms with Crippen LogP contribution in [0.15, 0.2) is 60.9 Å². The Labute approximate surface area is 173 Å². The summed E-state index contributed by atoms with van der Waals surface area (Å²) < 4.78 is 18.1. The standard InChI is InChI=1S/C22H20N4O4/c1-14-20(26-12-6-9-18(29-3)21(26)24-14)22(27)25-15-10-11-19(23-13-15)30-17-8-5-4-7-16(17)28-2/h4-13H,1-3H3,(H,25,27). The lowest BCUT2D eigenvalue weighted by Gasteiger charge is -2.10. The largest absolute Gasteiger partial charge is 0.493 e. The molecule has 1 N–H and O–H groups in total. The van der Waals surface area contributed by atoms with Gasteiger partial charge in [0.15, 0.2) is 22.9 Å². The number of imidazole rings is 1. The average molecular weight is 404 g/mol. The summed E-state index contributed by atoms with van der Waals surface area (Å²) in [6.45, 7) is 1.78. The molecule has 0 radical (unpaired) electrons. The van der Waals surface area contributed by atoms with E-state index in [0.717, 1.165) is 0 Å². The van der Waals surface area contributed by atoms with Gasteiger partial charge >= 0.3 is 0 Å². The van der Waals surface area contributed by atoms with Crippen LogP contribution in [-0.4, -0.2) is 34.5 Å². The Morgan fingerprint density at radius 1 is 0.967 bits per heavy atom. The molecule has 0 spiro atoms. The maximum Gasteiger partial charge on any atom is 0.274 e. The second kappa shape index (κ2) is 8.12. The number of carbonyl (C=O) groups is 1. The zero-order valence-electron chi connectivity index (χ0n) is 16.7. The molecule has 1 amide bonds. The quantitative estimate of drug-likeness (QED) is 0.521. The van der Waals surface area contributed by atoms with Crippen molar-refractivity contribution < 1.29 is 19.0 Å². The van der Waals surface area contributed by atoms with Crippen LogP contribution in [0.3, 0.4) is 0 Å². The third kappa shape index (κ3) is 3.62. The van der Waals surface area contributed by atoms with Crippen molar-refractivity contribution in [1.82, 2.24) is 14.4 Å². The summed E-state index contributed by atoms with van der Waals surface area (Å²) in [4.78, 5) is 21.6. The summed E-state index contributed by atoms with van der Waals surface area (Å²) in [6, 6.07) is 14.3. The van der Waals surface area contributed by atoms with Crippen molar-refractivity contribution in [3.8, 4) is 23.1 Å². The van der Waals surface area contributed by atoms with Gasteiger partial charge in [-0.3, -0.25) is 9.20 Å². The molecule has 4 rings (SSSR count). The van der Waals surface area contributed by atoms with E-state index in [-0.39, 0.29) is 5.91 Å². The van der Waals surface area contributed by atoms with Crippen LogP contribution in [0, 0.1) is 6.92 Å². The number of nitrogens with one attached hydrogen (secondary N) is 1. The fourth-order valence-electron chi connectivity index (χ4n) is 3.11. The van der Waals surface area contributed by atoms with E-state index in [0.29, 0.717) is 45.9 Å². The van der Waals surface area contributed by atoms with E-state index >= 15 is 0 Å². The van der Waals surface area contributed by atoms with E-state index in [1.54, 1.807) is 68.1 Å². The number of aryl methyl sites for hydroxylation is 1. The van der Waals surface area contributed by atoms with Gasteiger partial charge in [-0.25, -0.2) is 9.97 Å². The minimum Gasteiger partial charge on any atom is -0.493 e. The molecule has 0 aliphatic rings. The lowest BCUT2D eigenvalue weighted by molar-refractivity contribution is 0.102. The smallest absolute Gasteiger partial charge is 0.274 e. The number of methoxy groups -OCH3 is 2. The van der Waals surface area contributed by atoms with Gasteiger partial charge in [-0.2, -0.15) is 0 Å². The number of hydrogen-bond donors (Lipinski definition) is 1. The molecule has 4 aromatic rings. The van der Waals surface area contributed by atoms with Crippen molar-refractivity contribution in [2.75, 3.05) is 19.5 Å². The van der Waals surface area contributed by atoms with Gasteiger partial charge in [0, 0.05) is 12.3 Å². The number of anilines is 1. The number of aromatic nitrogens is 3. The van der Waals surface area contributed by atoms with Crippen LogP contribution >= 0.6 is 0 Å². The number of rotatable bonds is 6. The zero-order valence-corrected chi connectivity index (χ0v) is 16.7. The highest BCUT2D eigenvalue weighted by Crippen LogP contribution is 2.30. The number of para-hydroxylation sites is 2. The molecular formula is C22H20N4O4. The molecule has 1 aromatic carbocycles. The topological polar surface area (TPSA) is 87.0 Å². The normalized spacial score (nSPS) is 10.6. The molecule has 0 atom stereocenters. The Balaban J connectivity index is 1.53. The maximum absolute atomic E-state index is 12.9. The molecule has 0 bridgehead atoms. The summed E-state index contributed by atoms with van der Waals surface area (Å²) in [5.74, 6) is 1.84. The monoisotopic (exact) mass is 404 g/mol. The first kappa shape index (κ1) is 19.3. The number of nitrogens with zero attached hydrogens (tertiary/aromatic N) is 3. The van der Waals surface area contributed by atoms with Crippen LogP contribution in [0.25, 0.3) is 5.65 Å². The van der Waals surface area contributed by atoms with E-state index in [2.05, 4.69) is 15.3 Å². The van der Waals surface area contributed by atoms with Crippen molar-refractivity contribution in [3.63, 3.8) is 0 Å². The van der Waals surface area contributed by atoms with Gasteiger partial charge in [-0.05, 0) is 37.3 Å². The Kier molecular flexibility index (Phi) is 5.21. The van der Waals surface area contributed by atoms with Gasteiger partial charge < -0.3 is 19.5 Å². The van der Waals surface area contributed by atoms with Crippen molar-refractivity contribution in [2.24, 2.45) is 0 Å². The molecule has 8 nitrogen and oxygen atoms in total. The van der Waals surface area contributed by atoms with E-state index in [9.17, 15) is 4.79 Å². The Morgan fingerprint density at radius 3 is 2.40 bits per heavy atom. The summed E-state index contributed by atoms with van der Waals surface area (Å²) in [7, 11) is 3.14. The predicted octanol–water partition coefficient (Wildman–Crippen LogP) is 4.10. The third-order valence-electron chi connectivity index (χ3n) is 4.50. The summed E-state index contributed by atoms with van der Waals surface area (Å²) in [5.41, 5.74) is 2.14. The van der Waals surface area contributed by atoms with Crippen LogP contribution in [0.5, 0.6) is 23.1 Å². The van der Waals surface area contributed by atoms with Crippen molar-refractivity contribution in [2.45, 2.75) is 6.92 Å². The first-order chi connectivity index (χ1) is 14.6. The number of fused-ring (bicyclic) bond motifs is 1. The highest BCUT2D eigenvalue weighted by Gasteiger charge is 2.19. The van der Waals surface area contributed by atoms with Crippen LogP contribution in [0.1, 0.15) is 16.2 Å². The molecule has 3 aromatic heterocycles. The van der Waals surface area contributed by atoms with Gasteiger partial charge in [-0.15, -0.1) is 0 Å². The molecule has 152 valence electrons. The molecule has 0 aliphatic carbocycles. The maximum atomic E-state index is 12.9. The molecule has 8 heteroatoms. The highest BCUT2D eigenvalue weighted by atomic mass is 16.5. The lowest BCUT2D eigenvalue weighted by Crippen LogP contribution is -2.15. The van der Waals surface area contributed by atoms with Crippen LogP contribution in [0.2, 0.25) is 0 Å². The molecule has 30 heavy (non-hydrogen) atoms. The van der Waals surface area contributed by atoms with Crippen molar-refractivity contribution in [1.29, 1.82) is 0 Å². The molecule has 0 fully saturated rings.